The van der Waals surface area contributed by atoms with Crippen LogP contribution in [0.3, 0.4) is 0 Å². The summed E-state index contributed by atoms with van der Waals surface area (Å²) in [5.74, 6) is 1.06. The molecule has 0 saturated carbocycles. The number of hydrogen-bond donors (Lipinski definition) is 0. The van der Waals surface area contributed by atoms with E-state index in [4.69, 9.17) is 0 Å². The molecule has 92 valence electrons. The fraction of sp³-hybridized carbons (Fsp3) is 0.571. The van der Waals surface area contributed by atoms with Crippen LogP contribution in [0.2, 0.25) is 0 Å². The molecule has 3 heteroatoms. The molecule has 1 aromatic heterocycles. The van der Waals surface area contributed by atoms with E-state index in [0.29, 0.717) is 18.3 Å². The van der Waals surface area contributed by atoms with Gasteiger partial charge in [-0.3, -0.25) is 9.78 Å². The number of carbonyl (C=O) groups excluding carboxylic acids is 1. The van der Waals surface area contributed by atoms with E-state index in [-0.39, 0.29) is 5.91 Å². The average molecular weight is 232 g/mol. The fourth-order valence-corrected chi connectivity index (χ4v) is 2.23. The first-order valence-electron chi connectivity index (χ1n) is 6.27. The Morgan fingerprint density at radius 1 is 1.41 bits per heavy atom. The van der Waals surface area contributed by atoms with Gasteiger partial charge in [-0.05, 0) is 29.9 Å². The van der Waals surface area contributed by atoms with Gasteiger partial charge in [-0.2, -0.15) is 0 Å². The lowest BCUT2D eigenvalue weighted by molar-refractivity contribution is -0.132. The SMILES string of the molecule is CC(C)c1ccc([C@H]2CCN(C)C(=O)C2)cn1. The summed E-state index contributed by atoms with van der Waals surface area (Å²) in [5, 5.41) is 0. The van der Waals surface area contributed by atoms with Crippen LogP contribution in [-0.4, -0.2) is 29.4 Å². The molecule has 2 heterocycles. The van der Waals surface area contributed by atoms with Crippen molar-refractivity contribution in [2.24, 2.45) is 0 Å². The molecule has 0 aromatic carbocycles. The summed E-state index contributed by atoms with van der Waals surface area (Å²) in [6.07, 6.45) is 3.61. The maximum Gasteiger partial charge on any atom is 0.222 e. The summed E-state index contributed by atoms with van der Waals surface area (Å²) >= 11 is 0. The van der Waals surface area contributed by atoms with Gasteiger partial charge in [0.2, 0.25) is 5.91 Å². The van der Waals surface area contributed by atoms with Crippen molar-refractivity contribution in [3.8, 4) is 0 Å². The van der Waals surface area contributed by atoms with Crippen molar-refractivity contribution in [2.45, 2.75) is 38.5 Å². The minimum atomic E-state index is 0.245. The number of pyridine rings is 1. The van der Waals surface area contributed by atoms with Crippen LogP contribution in [0.5, 0.6) is 0 Å². The Morgan fingerprint density at radius 2 is 2.18 bits per heavy atom. The molecule has 0 aliphatic carbocycles. The summed E-state index contributed by atoms with van der Waals surface area (Å²) < 4.78 is 0. The maximum atomic E-state index is 11.7. The summed E-state index contributed by atoms with van der Waals surface area (Å²) in [7, 11) is 1.87. The normalized spacial score (nSPS) is 21.1. The molecule has 2 rings (SSSR count). The highest BCUT2D eigenvalue weighted by Gasteiger charge is 2.24. The molecule has 1 amide bonds. The highest BCUT2D eigenvalue weighted by molar-refractivity contribution is 5.77. The summed E-state index contributed by atoms with van der Waals surface area (Å²) in [6.45, 7) is 5.14. The van der Waals surface area contributed by atoms with Crippen LogP contribution in [0.25, 0.3) is 0 Å². The number of rotatable bonds is 2. The molecule has 3 nitrogen and oxygen atoms in total. The van der Waals surface area contributed by atoms with Crippen LogP contribution >= 0.6 is 0 Å². The van der Waals surface area contributed by atoms with Gasteiger partial charge < -0.3 is 4.90 Å². The number of likely N-dealkylation sites (tertiary alicyclic amines) is 1. The van der Waals surface area contributed by atoms with Crippen molar-refractivity contribution in [2.75, 3.05) is 13.6 Å². The van der Waals surface area contributed by atoms with E-state index in [9.17, 15) is 4.79 Å². The van der Waals surface area contributed by atoms with Gasteiger partial charge in [0.25, 0.3) is 0 Å². The highest BCUT2D eigenvalue weighted by atomic mass is 16.2. The number of carbonyl (C=O) groups is 1. The number of aromatic nitrogens is 1. The summed E-state index contributed by atoms with van der Waals surface area (Å²) in [4.78, 5) is 17.9. The Balaban J connectivity index is 2.10. The number of amides is 1. The molecule has 1 atom stereocenters. The third kappa shape index (κ3) is 2.65. The third-order valence-corrected chi connectivity index (χ3v) is 3.53. The summed E-state index contributed by atoms with van der Waals surface area (Å²) in [6, 6.07) is 4.22. The second-order valence-corrected chi connectivity index (χ2v) is 5.18. The van der Waals surface area contributed by atoms with E-state index in [1.807, 2.05) is 18.1 Å². The van der Waals surface area contributed by atoms with Crippen molar-refractivity contribution < 1.29 is 4.79 Å². The average Bonchev–Trinajstić information content (AvgIpc) is 2.33. The minimum Gasteiger partial charge on any atom is -0.346 e. The van der Waals surface area contributed by atoms with Crippen molar-refractivity contribution in [3.05, 3.63) is 29.6 Å². The molecular formula is C14H20N2O. The van der Waals surface area contributed by atoms with Crippen LogP contribution in [0.4, 0.5) is 0 Å². The van der Waals surface area contributed by atoms with Crippen LogP contribution in [-0.2, 0) is 4.79 Å². The standard InChI is InChI=1S/C14H20N2O/c1-10(2)13-5-4-12(9-15-13)11-6-7-16(3)14(17)8-11/h4-5,9-11H,6-8H2,1-3H3/t11-/m0/s1. The molecule has 0 N–H and O–H groups in total. The molecule has 1 aliphatic rings. The van der Waals surface area contributed by atoms with Crippen molar-refractivity contribution in [1.82, 2.24) is 9.88 Å². The second-order valence-electron chi connectivity index (χ2n) is 5.18. The van der Waals surface area contributed by atoms with Crippen LogP contribution in [0, 0.1) is 0 Å². The van der Waals surface area contributed by atoms with Gasteiger partial charge in [0.1, 0.15) is 0 Å². The Morgan fingerprint density at radius 3 is 2.71 bits per heavy atom. The highest BCUT2D eigenvalue weighted by Crippen LogP contribution is 2.28. The predicted octanol–water partition coefficient (Wildman–Crippen LogP) is 2.54. The fourth-order valence-electron chi connectivity index (χ4n) is 2.23. The van der Waals surface area contributed by atoms with E-state index in [1.165, 1.54) is 5.56 Å². The van der Waals surface area contributed by atoms with Crippen LogP contribution in [0.15, 0.2) is 18.3 Å². The van der Waals surface area contributed by atoms with Gasteiger partial charge in [0, 0.05) is 31.9 Å². The second kappa shape index (κ2) is 4.86. The molecule has 1 aromatic rings. The first-order chi connectivity index (χ1) is 8.08. The molecule has 0 radical (unpaired) electrons. The zero-order valence-electron chi connectivity index (χ0n) is 10.8. The van der Waals surface area contributed by atoms with E-state index in [0.717, 1.165) is 18.7 Å². The minimum absolute atomic E-state index is 0.245. The lowest BCUT2D eigenvalue weighted by Gasteiger charge is -2.28. The van der Waals surface area contributed by atoms with Gasteiger partial charge in [-0.1, -0.05) is 19.9 Å². The predicted molar refractivity (Wildman–Crippen MR) is 67.9 cm³/mol. The van der Waals surface area contributed by atoms with E-state index >= 15 is 0 Å². The van der Waals surface area contributed by atoms with Crippen LogP contribution < -0.4 is 0 Å². The zero-order valence-corrected chi connectivity index (χ0v) is 10.8. The monoisotopic (exact) mass is 232 g/mol. The smallest absolute Gasteiger partial charge is 0.222 e. The lowest BCUT2D eigenvalue weighted by atomic mass is 9.90. The van der Waals surface area contributed by atoms with Crippen molar-refractivity contribution in [3.63, 3.8) is 0 Å². The van der Waals surface area contributed by atoms with E-state index in [2.05, 4.69) is 31.0 Å². The largest absolute Gasteiger partial charge is 0.346 e. The van der Waals surface area contributed by atoms with E-state index < -0.39 is 0 Å². The first kappa shape index (κ1) is 12.1. The zero-order chi connectivity index (χ0) is 12.4. The van der Waals surface area contributed by atoms with Gasteiger partial charge >= 0.3 is 0 Å². The molecule has 1 saturated heterocycles. The number of nitrogens with zero attached hydrogens (tertiary/aromatic N) is 2. The van der Waals surface area contributed by atoms with Gasteiger partial charge in [-0.15, -0.1) is 0 Å². The molecule has 0 unspecified atom stereocenters. The number of piperidine rings is 1. The molecular weight excluding hydrogens is 212 g/mol. The summed E-state index contributed by atoms with van der Waals surface area (Å²) in [5.41, 5.74) is 2.32. The molecule has 1 aliphatic heterocycles. The Labute approximate surface area is 103 Å². The molecule has 0 bridgehead atoms. The van der Waals surface area contributed by atoms with Crippen molar-refractivity contribution in [1.29, 1.82) is 0 Å². The van der Waals surface area contributed by atoms with E-state index in [1.54, 1.807) is 0 Å². The lowest BCUT2D eigenvalue weighted by Crippen LogP contribution is -2.34. The Hall–Kier alpha value is -1.38. The Bertz CT molecular complexity index is 397. The van der Waals surface area contributed by atoms with Crippen molar-refractivity contribution >= 4 is 5.91 Å². The third-order valence-electron chi connectivity index (χ3n) is 3.53. The number of hydrogen-bond acceptors (Lipinski definition) is 2. The van der Waals surface area contributed by atoms with Gasteiger partial charge in [0.15, 0.2) is 0 Å². The molecule has 17 heavy (non-hydrogen) atoms. The van der Waals surface area contributed by atoms with Crippen LogP contribution in [0.1, 0.15) is 49.8 Å². The topological polar surface area (TPSA) is 33.2 Å². The quantitative estimate of drug-likeness (QED) is 0.785. The molecule has 1 fully saturated rings. The van der Waals surface area contributed by atoms with Gasteiger partial charge in [-0.25, -0.2) is 0 Å². The van der Waals surface area contributed by atoms with Gasteiger partial charge in [0.05, 0.1) is 0 Å². The first-order valence-corrected chi connectivity index (χ1v) is 6.27. The maximum absolute atomic E-state index is 11.7. The molecule has 0 spiro atoms. The Kier molecular flexibility index (Phi) is 3.46.